The Labute approximate surface area is 174 Å². The summed E-state index contributed by atoms with van der Waals surface area (Å²) in [5.74, 6) is 0.783. The minimum Gasteiger partial charge on any atom is -0.484 e. The predicted molar refractivity (Wildman–Crippen MR) is 112 cm³/mol. The van der Waals surface area contributed by atoms with Crippen LogP contribution in [-0.4, -0.2) is 25.8 Å². The molecule has 2 rings (SSSR count). The Morgan fingerprint density at radius 3 is 2.44 bits per heavy atom. The lowest BCUT2D eigenvalue weighted by Gasteiger charge is -2.18. The van der Waals surface area contributed by atoms with Gasteiger partial charge < -0.3 is 15.4 Å². The van der Waals surface area contributed by atoms with E-state index in [1.807, 2.05) is 37.3 Å². The van der Waals surface area contributed by atoms with Crippen molar-refractivity contribution < 1.29 is 17.9 Å². The van der Waals surface area contributed by atoms with Crippen LogP contribution in [0.4, 0.5) is 13.2 Å². The summed E-state index contributed by atoms with van der Waals surface area (Å²) in [5.41, 5.74) is 1.91. The van der Waals surface area contributed by atoms with Crippen molar-refractivity contribution in [2.75, 3.05) is 13.7 Å². The summed E-state index contributed by atoms with van der Waals surface area (Å²) in [6.45, 7) is 1.12. The molecule has 0 aliphatic carbocycles. The van der Waals surface area contributed by atoms with Crippen LogP contribution in [0.1, 0.15) is 24.1 Å². The third-order valence-electron chi connectivity index (χ3n) is 3.64. The van der Waals surface area contributed by atoms with Crippen LogP contribution in [0.2, 0.25) is 0 Å². The van der Waals surface area contributed by atoms with E-state index in [1.54, 1.807) is 25.2 Å². The van der Waals surface area contributed by atoms with Gasteiger partial charge in [0.15, 0.2) is 12.6 Å². The highest BCUT2D eigenvalue weighted by Crippen LogP contribution is 2.19. The molecule has 0 aliphatic rings. The lowest BCUT2D eigenvalue weighted by atomic mass is 10.1. The lowest BCUT2D eigenvalue weighted by Crippen LogP contribution is -2.38. The molecule has 8 heteroatoms. The van der Waals surface area contributed by atoms with Gasteiger partial charge in [0, 0.05) is 13.6 Å². The summed E-state index contributed by atoms with van der Waals surface area (Å²) in [6, 6.07) is 16.5. The van der Waals surface area contributed by atoms with E-state index in [9.17, 15) is 13.2 Å². The molecule has 2 N–H and O–H groups in total. The molecule has 0 radical (unpaired) electrons. The van der Waals surface area contributed by atoms with E-state index in [0.29, 0.717) is 12.5 Å². The van der Waals surface area contributed by atoms with Gasteiger partial charge in [0.05, 0.1) is 6.04 Å². The first-order valence-corrected chi connectivity index (χ1v) is 8.18. The Kier molecular flexibility index (Phi) is 9.40. The zero-order chi connectivity index (χ0) is 19.0. The maximum Gasteiger partial charge on any atom is 0.422 e. The highest BCUT2D eigenvalue weighted by Gasteiger charge is 2.28. The summed E-state index contributed by atoms with van der Waals surface area (Å²) in [5, 5.41) is 6.42. The second kappa shape index (κ2) is 11.0. The summed E-state index contributed by atoms with van der Waals surface area (Å²) >= 11 is 0. The van der Waals surface area contributed by atoms with Crippen LogP contribution in [0.15, 0.2) is 59.6 Å². The topological polar surface area (TPSA) is 45.7 Å². The quantitative estimate of drug-likeness (QED) is 0.350. The highest BCUT2D eigenvalue weighted by atomic mass is 127. The fraction of sp³-hybridized carbons (Fsp3) is 0.316. The summed E-state index contributed by atoms with van der Waals surface area (Å²) in [7, 11) is 1.66. The van der Waals surface area contributed by atoms with E-state index in [1.165, 1.54) is 6.07 Å². The number of benzene rings is 2. The number of halogens is 4. The zero-order valence-corrected chi connectivity index (χ0v) is 17.4. The molecule has 0 amide bonds. The molecule has 4 nitrogen and oxygen atoms in total. The smallest absolute Gasteiger partial charge is 0.422 e. The van der Waals surface area contributed by atoms with Crippen molar-refractivity contribution in [3.63, 3.8) is 0 Å². The molecule has 0 aromatic heterocycles. The summed E-state index contributed by atoms with van der Waals surface area (Å²) in [4.78, 5) is 4.17. The van der Waals surface area contributed by atoms with Crippen molar-refractivity contribution in [3.05, 3.63) is 65.7 Å². The van der Waals surface area contributed by atoms with Gasteiger partial charge in [-0.05, 0) is 30.2 Å². The van der Waals surface area contributed by atoms with Crippen LogP contribution < -0.4 is 15.4 Å². The second-order valence-electron chi connectivity index (χ2n) is 5.75. The third-order valence-corrected chi connectivity index (χ3v) is 3.64. The van der Waals surface area contributed by atoms with Crippen LogP contribution >= 0.6 is 24.0 Å². The Morgan fingerprint density at radius 2 is 1.81 bits per heavy atom. The maximum absolute atomic E-state index is 12.2. The minimum atomic E-state index is -4.35. The standard InChI is InChI=1S/C19H22F3N3O.HI/c1-14(16-8-4-3-5-9-16)25-18(23-2)24-12-15-7-6-10-17(11-15)26-13-19(20,21)22;/h3-11,14H,12-13H2,1-2H3,(H2,23,24,25);1H. The summed E-state index contributed by atoms with van der Waals surface area (Å²) in [6.07, 6.45) is -4.35. The van der Waals surface area contributed by atoms with E-state index >= 15 is 0 Å². The first-order valence-electron chi connectivity index (χ1n) is 8.18. The van der Waals surface area contributed by atoms with Gasteiger partial charge >= 0.3 is 6.18 Å². The molecule has 0 saturated heterocycles. The first-order chi connectivity index (χ1) is 12.4. The molecule has 0 fully saturated rings. The van der Waals surface area contributed by atoms with E-state index in [4.69, 9.17) is 4.74 Å². The largest absolute Gasteiger partial charge is 0.484 e. The molecular formula is C19H23F3IN3O. The number of rotatable bonds is 6. The summed E-state index contributed by atoms with van der Waals surface area (Å²) < 4.78 is 41.5. The average Bonchev–Trinajstić information content (AvgIpc) is 2.64. The fourth-order valence-electron chi connectivity index (χ4n) is 2.32. The van der Waals surface area contributed by atoms with Crippen LogP contribution in [0.5, 0.6) is 5.75 Å². The van der Waals surface area contributed by atoms with Gasteiger partial charge in [0.1, 0.15) is 5.75 Å². The van der Waals surface area contributed by atoms with Crippen molar-refractivity contribution in [2.45, 2.75) is 25.7 Å². The predicted octanol–water partition coefficient (Wildman–Crippen LogP) is 4.67. The molecule has 0 heterocycles. The van der Waals surface area contributed by atoms with Gasteiger partial charge in [-0.2, -0.15) is 13.2 Å². The third kappa shape index (κ3) is 8.51. The second-order valence-corrected chi connectivity index (χ2v) is 5.75. The number of nitrogens with zero attached hydrogens (tertiary/aromatic N) is 1. The fourth-order valence-corrected chi connectivity index (χ4v) is 2.32. The molecule has 1 atom stereocenters. The normalized spacial score (nSPS) is 12.7. The molecule has 0 spiro atoms. The Morgan fingerprint density at radius 1 is 1.11 bits per heavy atom. The van der Waals surface area contributed by atoms with Gasteiger partial charge in [-0.1, -0.05) is 42.5 Å². The minimum absolute atomic E-state index is 0. The Bertz CT molecular complexity index is 724. The number of ether oxygens (including phenoxy) is 1. The number of nitrogens with one attached hydrogen (secondary N) is 2. The molecule has 0 saturated carbocycles. The molecule has 0 bridgehead atoms. The SMILES string of the molecule is CN=C(NCc1cccc(OCC(F)(F)F)c1)NC(C)c1ccccc1.I. The molecule has 2 aromatic rings. The number of hydrogen-bond acceptors (Lipinski definition) is 2. The van der Waals surface area contributed by atoms with Crippen molar-refractivity contribution in [1.82, 2.24) is 10.6 Å². The van der Waals surface area contributed by atoms with Gasteiger partial charge in [-0.25, -0.2) is 0 Å². The molecule has 0 aliphatic heterocycles. The van der Waals surface area contributed by atoms with E-state index in [-0.39, 0.29) is 35.8 Å². The average molecular weight is 493 g/mol. The van der Waals surface area contributed by atoms with E-state index in [0.717, 1.165) is 11.1 Å². The van der Waals surface area contributed by atoms with Crippen molar-refractivity contribution in [1.29, 1.82) is 0 Å². The molecule has 1 unspecified atom stereocenters. The number of guanidine groups is 1. The molecule has 2 aromatic carbocycles. The van der Waals surface area contributed by atoms with Gasteiger partial charge in [0.25, 0.3) is 0 Å². The van der Waals surface area contributed by atoms with E-state index < -0.39 is 12.8 Å². The van der Waals surface area contributed by atoms with Gasteiger partial charge in [0.2, 0.25) is 0 Å². The Hall–Kier alpha value is -1.97. The van der Waals surface area contributed by atoms with Crippen molar-refractivity contribution in [3.8, 4) is 5.75 Å². The number of hydrogen-bond donors (Lipinski definition) is 2. The van der Waals surface area contributed by atoms with Crippen molar-refractivity contribution in [2.24, 2.45) is 4.99 Å². The van der Waals surface area contributed by atoms with Crippen LogP contribution in [0, 0.1) is 0 Å². The first kappa shape index (κ1) is 23.1. The zero-order valence-electron chi connectivity index (χ0n) is 15.1. The number of aliphatic imine (C=N–C) groups is 1. The van der Waals surface area contributed by atoms with Crippen LogP contribution in [0.3, 0.4) is 0 Å². The highest BCUT2D eigenvalue weighted by molar-refractivity contribution is 14.0. The maximum atomic E-state index is 12.2. The van der Waals surface area contributed by atoms with Crippen LogP contribution in [0.25, 0.3) is 0 Å². The lowest BCUT2D eigenvalue weighted by molar-refractivity contribution is -0.153. The molecule has 27 heavy (non-hydrogen) atoms. The Balaban J connectivity index is 0.00000364. The monoisotopic (exact) mass is 493 g/mol. The number of alkyl halides is 3. The van der Waals surface area contributed by atoms with Crippen LogP contribution in [-0.2, 0) is 6.54 Å². The van der Waals surface area contributed by atoms with E-state index in [2.05, 4.69) is 15.6 Å². The van der Waals surface area contributed by atoms with Gasteiger partial charge in [-0.3, -0.25) is 4.99 Å². The molecular weight excluding hydrogens is 470 g/mol. The van der Waals surface area contributed by atoms with Crippen molar-refractivity contribution >= 4 is 29.9 Å². The molecule has 148 valence electrons. The van der Waals surface area contributed by atoms with Gasteiger partial charge in [-0.15, -0.1) is 24.0 Å².